The Labute approximate surface area is 209 Å². The van der Waals surface area contributed by atoms with E-state index in [2.05, 4.69) is 30.2 Å². The van der Waals surface area contributed by atoms with Crippen LogP contribution in [0.25, 0.3) is 0 Å². The Bertz CT molecular complexity index is 864. The number of ether oxygens (including phenoxy) is 1. The number of hydrogen-bond donors (Lipinski definition) is 3. The molecule has 8 heteroatoms. The molecule has 2 rings (SSSR count). The van der Waals surface area contributed by atoms with Crippen molar-refractivity contribution in [2.24, 2.45) is 0 Å². The first kappa shape index (κ1) is 28.0. The summed E-state index contributed by atoms with van der Waals surface area (Å²) < 4.78 is 5.35. The Balaban J connectivity index is 2.37. The highest BCUT2D eigenvalue weighted by atomic mass is 32.1. The molecule has 3 amide bonds. The van der Waals surface area contributed by atoms with Crippen molar-refractivity contribution >= 4 is 30.5 Å². The van der Waals surface area contributed by atoms with Crippen molar-refractivity contribution in [3.63, 3.8) is 0 Å². The van der Waals surface area contributed by atoms with Gasteiger partial charge in [-0.2, -0.15) is 12.6 Å². The van der Waals surface area contributed by atoms with Gasteiger partial charge in [0.2, 0.25) is 11.8 Å². The van der Waals surface area contributed by atoms with Crippen LogP contribution in [0.2, 0.25) is 0 Å². The lowest BCUT2D eigenvalue weighted by Gasteiger charge is -2.35. The van der Waals surface area contributed by atoms with Crippen LogP contribution in [0.4, 0.5) is 4.79 Å². The minimum atomic E-state index is -0.903. The molecule has 34 heavy (non-hydrogen) atoms. The molecule has 0 bridgehead atoms. The van der Waals surface area contributed by atoms with Gasteiger partial charge >= 0.3 is 6.09 Å². The maximum atomic E-state index is 13.8. The number of carbonyl (C=O) groups excluding carboxylic acids is 3. The lowest BCUT2D eigenvalue weighted by atomic mass is 9.95. The number of amides is 3. The first-order chi connectivity index (χ1) is 16.0. The molecule has 1 saturated carbocycles. The van der Waals surface area contributed by atoms with E-state index < -0.39 is 23.8 Å². The van der Waals surface area contributed by atoms with Gasteiger partial charge in [0.05, 0.1) is 0 Å². The number of alkyl carbamates (subject to hydrolysis) is 1. The molecule has 0 aliphatic heterocycles. The molecule has 0 heterocycles. The first-order valence-electron chi connectivity index (χ1n) is 12.3. The number of nitrogens with one attached hydrogen (secondary N) is 2. The average molecular weight is 492 g/mol. The summed E-state index contributed by atoms with van der Waals surface area (Å²) in [5.74, 6) is -0.419. The average Bonchev–Trinajstić information content (AvgIpc) is 3.59. The molecular weight excluding hydrogens is 450 g/mol. The summed E-state index contributed by atoms with van der Waals surface area (Å²) in [7, 11) is 0. The van der Waals surface area contributed by atoms with Crippen LogP contribution in [0.5, 0.6) is 0 Å². The largest absolute Gasteiger partial charge is 0.444 e. The van der Waals surface area contributed by atoms with E-state index in [1.165, 1.54) is 0 Å². The normalized spacial score (nSPS) is 15.3. The Morgan fingerprint density at radius 3 is 2.41 bits per heavy atom. The maximum Gasteiger partial charge on any atom is 0.408 e. The summed E-state index contributed by atoms with van der Waals surface area (Å²) in [6.45, 7) is 11.9. The van der Waals surface area contributed by atoms with Gasteiger partial charge in [-0.15, -0.1) is 0 Å². The van der Waals surface area contributed by atoms with Gasteiger partial charge in [-0.3, -0.25) is 9.59 Å². The second-order valence-corrected chi connectivity index (χ2v) is 10.4. The summed E-state index contributed by atoms with van der Waals surface area (Å²) >= 11 is 4.33. The van der Waals surface area contributed by atoms with Gasteiger partial charge < -0.3 is 20.3 Å². The number of unbranched alkanes of at least 4 members (excludes halogenated alkanes) is 2. The molecule has 2 unspecified atom stereocenters. The van der Waals surface area contributed by atoms with Crippen LogP contribution in [0.3, 0.4) is 0 Å². The van der Waals surface area contributed by atoms with Crippen LogP contribution in [-0.2, 0) is 14.3 Å². The molecule has 0 aromatic heterocycles. The molecule has 2 atom stereocenters. The van der Waals surface area contributed by atoms with Crippen LogP contribution in [0.1, 0.15) is 82.5 Å². The molecule has 0 radical (unpaired) electrons. The summed E-state index contributed by atoms with van der Waals surface area (Å²) in [6.07, 6.45) is 3.94. The minimum Gasteiger partial charge on any atom is -0.444 e. The smallest absolute Gasteiger partial charge is 0.408 e. The second kappa shape index (κ2) is 12.5. The predicted octanol–water partition coefficient (Wildman–Crippen LogP) is 4.47. The third-order valence-electron chi connectivity index (χ3n) is 5.91. The molecule has 1 fully saturated rings. The molecule has 190 valence electrons. The molecule has 2 N–H and O–H groups in total. The van der Waals surface area contributed by atoms with Crippen molar-refractivity contribution in [2.75, 3.05) is 12.3 Å². The lowest BCUT2D eigenvalue weighted by Crippen LogP contribution is -2.54. The van der Waals surface area contributed by atoms with Gasteiger partial charge in [-0.05, 0) is 70.6 Å². The van der Waals surface area contributed by atoms with Crippen LogP contribution in [0.15, 0.2) is 18.2 Å². The van der Waals surface area contributed by atoms with Crippen LogP contribution in [0, 0.1) is 13.8 Å². The second-order valence-electron chi connectivity index (χ2n) is 10.0. The minimum absolute atomic E-state index is 0.0541. The predicted molar refractivity (Wildman–Crippen MR) is 138 cm³/mol. The van der Waals surface area contributed by atoms with Crippen molar-refractivity contribution < 1.29 is 19.1 Å². The number of hydrogen-bond acceptors (Lipinski definition) is 5. The number of nitrogens with zero attached hydrogens (tertiary/aromatic N) is 1. The fraction of sp³-hybridized carbons (Fsp3) is 0.654. The van der Waals surface area contributed by atoms with Gasteiger partial charge in [0.15, 0.2) is 0 Å². The number of rotatable bonds is 11. The number of carbonyl (C=O) groups is 3. The highest BCUT2D eigenvalue weighted by Gasteiger charge is 2.44. The monoisotopic (exact) mass is 491 g/mol. The van der Waals surface area contributed by atoms with Crippen molar-refractivity contribution in [3.05, 3.63) is 34.9 Å². The van der Waals surface area contributed by atoms with Crippen LogP contribution < -0.4 is 10.6 Å². The molecule has 1 aliphatic carbocycles. The van der Waals surface area contributed by atoms with Crippen molar-refractivity contribution in [2.45, 2.75) is 97.4 Å². The van der Waals surface area contributed by atoms with Gasteiger partial charge in [0.25, 0.3) is 0 Å². The summed E-state index contributed by atoms with van der Waals surface area (Å²) in [5, 5.41) is 5.70. The SMILES string of the molecule is CCCCCNC(=O)C(c1cccc(C)c1C)N(C(=O)C(CS)NC(=O)OC(C)(C)C)C1CC1. The van der Waals surface area contributed by atoms with Gasteiger partial charge in [0.1, 0.15) is 17.7 Å². The molecular formula is C26H41N3O4S. The number of benzene rings is 1. The van der Waals surface area contributed by atoms with Gasteiger partial charge in [-0.25, -0.2) is 4.79 Å². The molecule has 1 aromatic carbocycles. The lowest BCUT2D eigenvalue weighted by molar-refractivity contribution is -0.142. The molecule has 7 nitrogen and oxygen atoms in total. The highest BCUT2D eigenvalue weighted by Crippen LogP contribution is 2.37. The van der Waals surface area contributed by atoms with Gasteiger partial charge in [0, 0.05) is 18.3 Å². The summed E-state index contributed by atoms with van der Waals surface area (Å²) in [4.78, 5) is 41.4. The van der Waals surface area contributed by atoms with Crippen LogP contribution in [-0.4, -0.2) is 52.8 Å². The van der Waals surface area contributed by atoms with Crippen molar-refractivity contribution in [3.8, 4) is 0 Å². The third-order valence-corrected chi connectivity index (χ3v) is 6.28. The standard InChI is InChI=1S/C26H41N3O4S/c1-7-8-9-15-27-23(30)22(20-12-10-11-17(2)18(20)3)29(19-13-14-19)24(31)21(16-34)28-25(32)33-26(4,5)6/h10-12,19,21-22,34H,7-9,13-16H2,1-6H3,(H,27,30)(H,28,32). The Morgan fingerprint density at radius 2 is 1.85 bits per heavy atom. The topological polar surface area (TPSA) is 87.7 Å². The summed E-state index contributed by atoms with van der Waals surface area (Å²) in [5.41, 5.74) is 2.16. The van der Waals surface area contributed by atoms with Gasteiger partial charge in [-0.1, -0.05) is 38.0 Å². The molecule has 1 aliphatic rings. The van der Waals surface area contributed by atoms with Crippen molar-refractivity contribution in [1.29, 1.82) is 0 Å². The van der Waals surface area contributed by atoms with E-state index in [9.17, 15) is 14.4 Å². The zero-order valence-electron chi connectivity index (χ0n) is 21.4. The van der Waals surface area contributed by atoms with E-state index in [-0.39, 0.29) is 23.6 Å². The number of aryl methyl sites for hydroxylation is 1. The number of thiol groups is 1. The zero-order valence-corrected chi connectivity index (χ0v) is 22.3. The van der Waals surface area contributed by atoms with E-state index in [4.69, 9.17) is 4.74 Å². The maximum absolute atomic E-state index is 13.8. The van der Waals surface area contributed by atoms with E-state index >= 15 is 0 Å². The molecule has 0 spiro atoms. The van der Waals surface area contributed by atoms with E-state index in [1.807, 2.05) is 32.0 Å². The zero-order chi connectivity index (χ0) is 25.5. The fourth-order valence-corrected chi connectivity index (χ4v) is 4.10. The Kier molecular flexibility index (Phi) is 10.3. The Hall–Kier alpha value is -2.22. The molecule has 0 saturated heterocycles. The van der Waals surface area contributed by atoms with Crippen molar-refractivity contribution in [1.82, 2.24) is 15.5 Å². The first-order valence-corrected chi connectivity index (χ1v) is 12.9. The Morgan fingerprint density at radius 1 is 1.18 bits per heavy atom. The van der Waals surface area contributed by atoms with E-state index in [0.29, 0.717) is 6.54 Å². The highest BCUT2D eigenvalue weighted by molar-refractivity contribution is 7.80. The third kappa shape index (κ3) is 7.93. The molecule has 1 aromatic rings. The quantitative estimate of drug-likeness (QED) is 0.315. The summed E-state index contributed by atoms with van der Waals surface area (Å²) in [6, 6.07) is 4.10. The van der Waals surface area contributed by atoms with E-state index in [0.717, 1.165) is 48.8 Å². The van der Waals surface area contributed by atoms with Crippen LogP contribution >= 0.6 is 12.6 Å². The van der Waals surface area contributed by atoms with E-state index in [1.54, 1.807) is 25.7 Å². The fourth-order valence-electron chi connectivity index (χ4n) is 3.86.